The van der Waals surface area contributed by atoms with E-state index < -0.39 is 0 Å². The van der Waals surface area contributed by atoms with Crippen molar-refractivity contribution in [3.05, 3.63) is 0 Å². The van der Waals surface area contributed by atoms with Crippen LogP contribution in [0.3, 0.4) is 0 Å². The molecule has 1 aliphatic rings. The molecule has 1 heterocycles. The van der Waals surface area contributed by atoms with Crippen LogP contribution in [-0.2, 0) is 9.53 Å². The van der Waals surface area contributed by atoms with Crippen LogP contribution in [0, 0.1) is 5.92 Å². The standard InChI is InChI=1S/C15H31N3O2/c1-5-18-8-9-20-14(11-18)10-17-13(4)15(19)16-7-6-12(2)3/h12-14,17H,5-11H2,1-4H3,(H,16,19). The maximum absolute atomic E-state index is 11.9. The van der Waals surface area contributed by atoms with Gasteiger partial charge in [0, 0.05) is 26.2 Å². The Balaban J connectivity index is 2.18. The zero-order valence-electron chi connectivity index (χ0n) is 13.4. The van der Waals surface area contributed by atoms with Crippen LogP contribution in [0.1, 0.15) is 34.1 Å². The first kappa shape index (κ1) is 17.4. The van der Waals surface area contributed by atoms with Gasteiger partial charge in [-0.3, -0.25) is 9.69 Å². The van der Waals surface area contributed by atoms with E-state index in [1.165, 1.54) is 0 Å². The number of nitrogens with zero attached hydrogens (tertiary/aromatic N) is 1. The van der Waals surface area contributed by atoms with Crippen molar-refractivity contribution in [3.63, 3.8) is 0 Å². The molecule has 2 N–H and O–H groups in total. The van der Waals surface area contributed by atoms with E-state index in [4.69, 9.17) is 4.74 Å². The lowest BCUT2D eigenvalue weighted by molar-refractivity contribution is -0.123. The second kappa shape index (κ2) is 9.32. The summed E-state index contributed by atoms with van der Waals surface area (Å²) in [6.07, 6.45) is 1.21. The van der Waals surface area contributed by atoms with Gasteiger partial charge in [0.2, 0.25) is 5.91 Å². The summed E-state index contributed by atoms with van der Waals surface area (Å²) >= 11 is 0. The van der Waals surface area contributed by atoms with Gasteiger partial charge in [-0.25, -0.2) is 0 Å². The first-order chi connectivity index (χ1) is 9.52. The summed E-state index contributed by atoms with van der Waals surface area (Å²) < 4.78 is 5.72. The van der Waals surface area contributed by atoms with Crippen LogP contribution >= 0.6 is 0 Å². The molecule has 5 heteroatoms. The monoisotopic (exact) mass is 285 g/mol. The number of nitrogens with one attached hydrogen (secondary N) is 2. The predicted octanol–water partition coefficient (Wildman–Crippen LogP) is 0.848. The molecule has 20 heavy (non-hydrogen) atoms. The van der Waals surface area contributed by atoms with Crippen molar-refractivity contribution in [2.24, 2.45) is 5.92 Å². The molecule has 1 rings (SSSR count). The molecule has 2 atom stereocenters. The molecule has 0 aliphatic carbocycles. The zero-order valence-corrected chi connectivity index (χ0v) is 13.4. The van der Waals surface area contributed by atoms with E-state index >= 15 is 0 Å². The third kappa shape index (κ3) is 6.68. The molecule has 0 spiro atoms. The van der Waals surface area contributed by atoms with Crippen molar-refractivity contribution < 1.29 is 9.53 Å². The van der Waals surface area contributed by atoms with E-state index in [0.29, 0.717) is 5.92 Å². The van der Waals surface area contributed by atoms with Gasteiger partial charge >= 0.3 is 0 Å². The number of rotatable bonds is 8. The van der Waals surface area contributed by atoms with E-state index in [2.05, 4.69) is 36.3 Å². The summed E-state index contributed by atoms with van der Waals surface area (Å²) in [5, 5.41) is 6.24. The van der Waals surface area contributed by atoms with Crippen LogP contribution in [0.4, 0.5) is 0 Å². The molecule has 0 aromatic rings. The quantitative estimate of drug-likeness (QED) is 0.694. The SMILES string of the molecule is CCN1CCOC(CNC(C)C(=O)NCCC(C)C)C1. The highest BCUT2D eigenvalue weighted by atomic mass is 16.5. The van der Waals surface area contributed by atoms with Crippen LogP contribution in [0.2, 0.25) is 0 Å². The Morgan fingerprint density at radius 1 is 1.40 bits per heavy atom. The summed E-state index contributed by atoms with van der Waals surface area (Å²) in [6.45, 7) is 13.7. The number of amides is 1. The highest BCUT2D eigenvalue weighted by molar-refractivity contribution is 5.81. The number of hydrogen-bond donors (Lipinski definition) is 2. The Hall–Kier alpha value is -0.650. The Bertz CT molecular complexity index is 284. The average molecular weight is 285 g/mol. The number of ether oxygens (including phenoxy) is 1. The van der Waals surface area contributed by atoms with Crippen molar-refractivity contribution in [2.75, 3.05) is 39.3 Å². The van der Waals surface area contributed by atoms with Gasteiger partial charge in [0.1, 0.15) is 0 Å². The Morgan fingerprint density at radius 2 is 2.15 bits per heavy atom. The molecular formula is C15H31N3O2. The Labute approximate surface area is 123 Å². The van der Waals surface area contributed by atoms with Gasteiger partial charge in [-0.05, 0) is 25.8 Å². The van der Waals surface area contributed by atoms with E-state index in [-0.39, 0.29) is 18.1 Å². The molecule has 0 radical (unpaired) electrons. The normalized spacial score (nSPS) is 21.9. The van der Waals surface area contributed by atoms with E-state index in [1.807, 2.05) is 6.92 Å². The van der Waals surface area contributed by atoms with Crippen LogP contribution in [0.15, 0.2) is 0 Å². The number of carbonyl (C=O) groups is 1. The topological polar surface area (TPSA) is 53.6 Å². The largest absolute Gasteiger partial charge is 0.374 e. The van der Waals surface area contributed by atoms with Crippen LogP contribution < -0.4 is 10.6 Å². The lowest BCUT2D eigenvalue weighted by Gasteiger charge is -2.32. The van der Waals surface area contributed by atoms with Gasteiger partial charge in [0.15, 0.2) is 0 Å². The molecule has 2 unspecified atom stereocenters. The molecule has 1 saturated heterocycles. The first-order valence-corrected chi connectivity index (χ1v) is 7.88. The van der Waals surface area contributed by atoms with Gasteiger partial charge in [0.25, 0.3) is 0 Å². The number of morpholine rings is 1. The van der Waals surface area contributed by atoms with Gasteiger partial charge in [-0.2, -0.15) is 0 Å². The Morgan fingerprint density at radius 3 is 2.80 bits per heavy atom. The fourth-order valence-electron chi connectivity index (χ4n) is 2.23. The van der Waals surface area contributed by atoms with Gasteiger partial charge < -0.3 is 15.4 Å². The molecule has 118 valence electrons. The second-order valence-electron chi connectivity index (χ2n) is 5.99. The molecule has 1 fully saturated rings. The van der Waals surface area contributed by atoms with E-state index in [0.717, 1.165) is 45.8 Å². The highest BCUT2D eigenvalue weighted by Crippen LogP contribution is 2.04. The fourth-order valence-corrected chi connectivity index (χ4v) is 2.23. The van der Waals surface area contributed by atoms with Crippen molar-refractivity contribution in [2.45, 2.75) is 46.3 Å². The van der Waals surface area contributed by atoms with Gasteiger partial charge in [0.05, 0.1) is 18.8 Å². The lowest BCUT2D eigenvalue weighted by atomic mass is 10.1. The minimum atomic E-state index is -0.164. The summed E-state index contributed by atoms with van der Waals surface area (Å²) in [5.74, 6) is 0.697. The second-order valence-corrected chi connectivity index (χ2v) is 5.99. The summed E-state index contributed by atoms with van der Waals surface area (Å²) in [4.78, 5) is 14.3. The summed E-state index contributed by atoms with van der Waals surface area (Å²) in [7, 11) is 0. The minimum Gasteiger partial charge on any atom is -0.374 e. The third-order valence-electron chi connectivity index (χ3n) is 3.74. The molecule has 1 amide bonds. The first-order valence-electron chi connectivity index (χ1n) is 7.88. The van der Waals surface area contributed by atoms with Crippen molar-refractivity contribution >= 4 is 5.91 Å². The number of carbonyl (C=O) groups excluding carboxylic acids is 1. The maximum Gasteiger partial charge on any atom is 0.236 e. The van der Waals surface area contributed by atoms with E-state index in [1.54, 1.807) is 0 Å². The maximum atomic E-state index is 11.9. The molecule has 5 nitrogen and oxygen atoms in total. The molecule has 1 aliphatic heterocycles. The van der Waals surface area contributed by atoms with Crippen molar-refractivity contribution in [1.29, 1.82) is 0 Å². The lowest BCUT2D eigenvalue weighted by Crippen LogP contribution is -2.50. The molecule has 0 saturated carbocycles. The molecule has 0 bridgehead atoms. The van der Waals surface area contributed by atoms with Crippen molar-refractivity contribution in [3.8, 4) is 0 Å². The summed E-state index contributed by atoms with van der Waals surface area (Å²) in [5.41, 5.74) is 0. The van der Waals surface area contributed by atoms with Crippen LogP contribution in [0.5, 0.6) is 0 Å². The smallest absolute Gasteiger partial charge is 0.236 e. The number of likely N-dealkylation sites (N-methyl/N-ethyl adjacent to an activating group) is 1. The fraction of sp³-hybridized carbons (Fsp3) is 0.933. The van der Waals surface area contributed by atoms with E-state index in [9.17, 15) is 4.79 Å². The summed E-state index contributed by atoms with van der Waals surface area (Å²) in [6, 6.07) is -0.164. The average Bonchev–Trinajstić information content (AvgIpc) is 2.44. The minimum absolute atomic E-state index is 0.0776. The molecule has 0 aromatic carbocycles. The Kier molecular flexibility index (Phi) is 8.11. The van der Waals surface area contributed by atoms with Gasteiger partial charge in [-0.15, -0.1) is 0 Å². The zero-order chi connectivity index (χ0) is 15.0. The third-order valence-corrected chi connectivity index (χ3v) is 3.74. The van der Waals surface area contributed by atoms with Crippen LogP contribution in [0.25, 0.3) is 0 Å². The highest BCUT2D eigenvalue weighted by Gasteiger charge is 2.20. The van der Waals surface area contributed by atoms with Crippen molar-refractivity contribution in [1.82, 2.24) is 15.5 Å². The number of hydrogen-bond acceptors (Lipinski definition) is 4. The molecule has 0 aromatic heterocycles. The van der Waals surface area contributed by atoms with Crippen LogP contribution in [-0.4, -0.2) is 62.3 Å². The molecular weight excluding hydrogens is 254 g/mol. The predicted molar refractivity (Wildman–Crippen MR) is 81.8 cm³/mol. The van der Waals surface area contributed by atoms with Gasteiger partial charge in [-0.1, -0.05) is 20.8 Å².